The van der Waals surface area contributed by atoms with Crippen LogP contribution in [0.2, 0.25) is 0 Å². The molecule has 0 radical (unpaired) electrons. The Bertz CT molecular complexity index is 313. The summed E-state index contributed by atoms with van der Waals surface area (Å²) in [4.78, 5) is 11.1. The van der Waals surface area contributed by atoms with E-state index < -0.39 is 0 Å². The van der Waals surface area contributed by atoms with E-state index >= 15 is 0 Å². The number of rotatable bonds is 7. The number of carbonyl (C=O) groups is 1. The average Bonchev–Trinajstić information content (AvgIpc) is 3.16. The van der Waals surface area contributed by atoms with Crippen molar-refractivity contribution < 1.29 is 9.53 Å². The minimum absolute atomic E-state index is 0.0563. The Morgan fingerprint density at radius 1 is 1.29 bits per heavy atom. The van der Waals surface area contributed by atoms with Gasteiger partial charge in [0.1, 0.15) is 6.10 Å². The van der Waals surface area contributed by atoms with E-state index in [-0.39, 0.29) is 12.1 Å². The second-order valence-corrected chi connectivity index (χ2v) is 5.59. The van der Waals surface area contributed by atoms with Gasteiger partial charge in [0.2, 0.25) is 0 Å². The van der Waals surface area contributed by atoms with Crippen molar-refractivity contribution in [3.63, 3.8) is 0 Å². The summed E-state index contributed by atoms with van der Waals surface area (Å²) >= 11 is 0. The summed E-state index contributed by atoms with van der Waals surface area (Å²) in [5.41, 5.74) is 0.858. The molecule has 0 aromatic rings. The van der Waals surface area contributed by atoms with E-state index in [0.29, 0.717) is 18.3 Å². The van der Waals surface area contributed by atoms with Crippen LogP contribution in [0.1, 0.15) is 52.4 Å². The maximum Gasteiger partial charge on any atom is 0.305 e. The van der Waals surface area contributed by atoms with Crippen LogP contribution in [0.15, 0.2) is 0 Å². The topological polar surface area (TPSA) is 50.2 Å². The molecule has 2 rings (SSSR count). The van der Waals surface area contributed by atoms with Crippen molar-refractivity contribution in [3.05, 3.63) is 0 Å². The highest BCUT2D eigenvalue weighted by atomic mass is 16.5. The second-order valence-electron chi connectivity index (χ2n) is 5.59. The molecule has 17 heavy (non-hydrogen) atoms. The first-order valence-corrected chi connectivity index (χ1v) is 6.86. The molecular weight excluding hydrogens is 214 g/mol. The standard InChI is InChI=1S/C14H23NO2/c1-3-14(16)17-13-8-11(13)6-4-5-10-7-12(10)9(2)15/h10-13,15H,3-8H2,1-2H3. The normalized spacial score (nSPS) is 34.2. The van der Waals surface area contributed by atoms with Crippen LogP contribution in [-0.4, -0.2) is 17.8 Å². The van der Waals surface area contributed by atoms with E-state index in [1.807, 2.05) is 13.8 Å². The molecule has 4 atom stereocenters. The summed E-state index contributed by atoms with van der Waals surface area (Å²) in [6.07, 6.45) is 6.71. The molecule has 96 valence electrons. The molecule has 2 aliphatic rings. The molecule has 0 aromatic carbocycles. The van der Waals surface area contributed by atoms with Gasteiger partial charge in [0.05, 0.1) is 0 Å². The van der Waals surface area contributed by atoms with Crippen LogP contribution in [0.25, 0.3) is 0 Å². The van der Waals surface area contributed by atoms with Crippen LogP contribution in [0.5, 0.6) is 0 Å². The van der Waals surface area contributed by atoms with Gasteiger partial charge in [-0.3, -0.25) is 4.79 Å². The highest BCUT2D eigenvalue weighted by molar-refractivity contribution is 5.83. The highest BCUT2D eigenvalue weighted by Crippen LogP contribution is 2.45. The van der Waals surface area contributed by atoms with Gasteiger partial charge < -0.3 is 10.1 Å². The number of carbonyl (C=O) groups excluding carboxylic acids is 1. The Labute approximate surface area is 103 Å². The molecule has 3 nitrogen and oxygen atoms in total. The van der Waals surface area contributed by atoms with Gasteiger partial charge in [-0.2, -0.15) is 0 Å². The van der Waals surface area contributed by atoms with Gasteiger partial charge in [-0.25, -0.2) is 0 Å². The Morgan fingerprint density at radius 2 is 2.00 bits per heavy atom. The van der Waals surface area contributed by atoms with E-state index in [9.17, 15) is 4.79 Å². The first-order valence-electron chi connectivity index (χ1n) is 6.86. The van der Waals surface area contributed by atoms with Gasteiger partial charge in [0, 0.05) is 12.1 Å². The Kier molecular flexibility index (Phi) is 3.85. The van der Waals surface area contributed by atoms with Crippen molar-refractivity contribution in [3.8, 4) is 0 Å². The molecule has 3 heteroatoms. The molecule has 0 spiro atoms. The van der Waals surface area contributed by atoms with E-state index in [2.05, 4.69) is 0 Å². The van der Waals surface area contributed by atoms with Gasteiger partial charge in [0.15, 0.2) is 0 Å². The van der Waals surface area contributed by atoms with Crippen molar-refractivity contribution in [1.29, 1.82) is 5.41 Å². The fourth-order valence-corrected chi connectivity index (χ4v) is 2.66. The van der Waals surface area contributed by atoms with Gasteiger partial charge in [0.25, 0.3) is 0 Å². The summed E-state index contributed by atoms with van der Waals surface area (Å²) in [7, 11) is 0. The number of hydrogen-bond acceptors (Lipinski definition) is 3. The van der Waals surface area contributed by atoms with Gasteiger partial charge >= 0.3 is 5.97 Å². The summed E-state index contributed by atoms with van der Waals surface area (Å²) in [6, 6.07) is 0. The molecule has 0 bridgehead atoms. The Hall–Kier alpha value is -0.860. The van der Waals surface area contributed by atoms with Crippen LogP contribution in [-0.2, 0) is 9.53 Å². The number of hydrogen-bond donors (Lipinski definition) is 1. The molecular formula is C14H23NO2. The van der Waals surface area contributed by atoms with Gasteiger partial charge in [-0.15, -0.1) is 0 Å². The number of esters is 1. The zero-order valence-corrected chi connectivity index (χ0v) is 10.9. The fourth-order valence-electron chi connectivity index (χ4n) is 2.66. The number of ether oxygens (including phenoxy) is 1. The molecule has 4 unspecified atom stereocenters. The van der Waals surface area contributed by atoms with Crippen molar-refractivity contribution in [2.24, 2.45) is 17.8 Å². The van der Waals surface area contributed by atoms with Crippen molar-refractivity contribution in [2.75, 3.05) is 0 Å². The minimum atomic E-state index is -0.0563. The second kappa shape index (κ2) is 5.19. The third kappa shape index (κ3) is 3.55. The van der Waals surface area contributed by atoms with E-state index in [1.54, 1.807) is 0 Å². The summed E-state index contributed by atoms with van der Waals surface area (Å²) in [6.45, 7) is 3.76. The molecule has 0 saturated heterocycles. The molecule has 0 aliphatic heterocycles. The smallest absolute Gasteiger partial charge is 0.305 e. The molecule has 2 aliphatic carbocycles. The van der Waals surface area contributed by atoms with Crippen molar-refractivity contribution >= 4 is 11.7 Å². The van der Waals surface area contributed by atoms with Crippen LogP contribution >= 0.6 is 0 Å². The predicted octanol–water partition coefficient (Wildman–Crippen LogP) is 3.17. The van der Waals surface area contributed by atoms with Gasteiger partial charge in [-0.05, 0) is 50.4 Å². The Balaban J connectivity index is 1.51. The highest BCUT2D eigenvalue weighted by Gasteiger charge is 2.41. The monoisotopic (exact) mass is 237 g/mol. The van der Waals surface area contributed by atoms with E-state index in [1.165, 1.54) is 25.7 Å². The zero-order valence-electron chi connectivity index (χ0n) is 10.9. The van der Waals surface area contributed by atoms with Crippen LogP contribution in [0.4, 0.5) is 0 Å². The maximum absolute atomic E-state index is 11.1. The molecule has 1 N–H and O–H groups in total. The van der Waals surface area contributed by atoms with E-state index in [4.69, 9.17) is 10.1 Å². The summed E-state index contributed by atoms with van der Waals surface area (Å²) < 4.78 is 5.28. The van der Waals surface area contributed by atoms with E-state index in [0.717, 1.165) is 18.1 Å². The third-order valence-corrected chi connectivity index (χ3v) is 4.06. The predicted molar refractivity (Wildman–Crippen MR) is 67.1 cm³/mol. The average molecular weight is 237 g/mol. The SMILES string of the molecule is CCC(=O)OC1CC1CCCC1CC1C(C)=N. The van der Waals surface area contributed by atoms with Crippen LogP contribution in [0, 0.1) is 23.2 Å². The summed E-state index contributed by atoms with van der Waals surface area (Å²) in [5.74, 6) is 1.94. The lowest BCUT2D eigenvalue weighted by atomic mass is 10.1. The number of nitrogens with one attached hydrogen (secondary N) is 1. The lowest BCUT2D eigenvalue weighted by molar-refractivity contribution is -0.145. The van der Waals surface area contributed by atoms with Gasteiger partial charge in [-0.1, -0.05) is 13.3 Å². The quantitative estimate of drug-likeness (QED) is 0.546. The third-order valence-electron chi connectivity index (χ3n) is 4.06. The lowest BCUT2D eigenvalue weighted by Gasteiger charge is -2.02. The molecule has 0 amide bonds. The molecule has 2 fully saturated rings. The van der Waals surface area contributed by atoms with Crippen molar-refractivity contribution in [2.45, 2.75) is 58.5 Å². The first-order chi connectivity index (χ1) is 8.11. The minimum Gasteiger partial charge on any atom is -0.462 e. The Morgan fingerprint density at radius 3 is 2.59 bits per heavy atom. The first kappa shape index (κ1) is 12.6. The molecule has 2 saturated carbocycles. The zero-order chi connectivity index (χ0) is 12.4. The fraction of sp³-hybridized carbons (Fsp3) is 0.857. The summed E-state index contributed by atoms with van der Waals surface area (Å²) in [5, 5.41) is 7.55. The maximum atomic E-state index is 11.1. The largest absolute Gasteiger partial charge is 0.462 e. The van der Waals surface area contributed by atoms with Crippen molar-refractivity contribution in [1.82, 2.24) is 0 Å². The lowest BCUT2D eigenvalue weighted by Crippen LogP contribution is -2.05. The molecule has 0 heterocycles. The van der Waals surface area contributed by atoms with Crippen LogP contribution in [0.3, 0.4) is 0 Å². The molecule has 0 aromatic heterocycles. The van der Waals surface area contributed by atoms with Crippen LogP contribution < -0.4 is 0 Å².